The summed E-state index contributed by atoms with van der Waals surface area (Å²) in [5.74, 6) is 0. The maximum absolute atomic E-state index is 2.43. The fraction of sp³-hybridized carbons (Fsp3) is 0.200. The molecule has 0 aromatic heterocycles. The van der Waals surface area contributed by atoms with Gasteiger partial charge in [0.25, 0.3) is 0 Å². The Morgan fingerprint density at radius 2 is 1.71 bits per heavy atom. The van der Waals surface area contributed by atoms with Crippen molar-refractivity contribution < 1.29 is 0 Å². The van der Waals surface area contributed by atoms with E-state index in [0.717, 1.165) is 23.1 Å². The Morgan fingerprint density at radius 1 is 0.952 bits per heavy atom. The molecule has 0 saturated carbocycles. The lowest BCUT2D eigenvalue weighted by Crippen LogP contribution is -1.97. The maximum Gasteiger partial charge on any atom is 0.0384 e. The molecule has 0 spiro atoms. The van der Waals surface area contributed by atoms with E-state index in [2.05, 4.69) is 68.5 Å². The molecule has 0 amide bonds. The van der Waals surface area contributed by atoms with Gasteiger partial charge in [-0.25, -0.2) is 0 Å². The molecular formula is C20H22Si. The summed E-state index contributed by atoms with van der Waals surface area (Å²) >= 11 is 0. The first-order chi connectivity index (χ1) is 10.2. The van der Waals surface area contributed by atoms with Gasteiger partial charge in [0.05, 0.1) is 0 Å². The Balaban J connectivity index is 2.04. The summed E-state index contributed by atoms with van der Waals surface area (Å²) in [6.45, 7) is 4.46. The van der Waals surface area contributed by atoms with Gasteiger partial charge in [0.1, 0.15) is 0 Å². The van der Waals surface area contributed by atoms with E-state index in [0.29, 0.717) is 0 Å². The van der Waals surface area contributed by atoms with E-state index in [4.69, 9.17) is 0 Å². The zero-order valence-electron chi connectivity index (χ0n) is 13.1. The van der Waals surface area contributed by atoms with Crippen LogP contribution in [0.4, 0.5) is 0 Å². The molecule has 21 heavy (non-hydrogen) atoms. The molecule has 0 atom stereocenters. The monoisotopic (exact) mass is 290 g/mol. The molecule has 1 heteroatoms. The van der Waals surface area contributed by atoms with Crippen LogP contribution in [0.5, 0.6) is 0 Å². The standard InChI is InChI=1S/C20H22Si/c1-14-7-6-10-17(15(14)2)18-11-12-20(21)19(18)13-16-8-4-3-5-9-16/h3-10,12H,11,13H2,1-2,21H3. The molecule has 0 N–H and O–H groups in total. The second-order valence-electron chi connectivity index (χ2n) is 5.96. The summed E-state index contributed by atoms with van der Waals surface area (Å²) in [6.07, 6.45) is 4.60. The summed E-state index contributed by atoms with van der Waals surface area (Å²) in [4.78, 5) is 0. The molecule has 0 nitrogen and oxygen atoms in total. The average Bonchev–Trinajstić information content (AvgIpc) is 2.84. The zero-order valence-corrected chi connectivity index (χ0v) is 15.1. The number of aryl methyl sites for hydroxylation is 1. The fourth-order valence-electron chi connectivity index (χ4n) is 3.14. The van der Waals surface area contributed by atoms with Crippen LogP contribution in [0, 0.1) is 13.8 Å². The smallest absolute Gasteiger partial charge is 0.0384 e. The van der Waals surface area contributed by atoms with Crippen LogP contribution in [0.15, 0.2) is 65.4 Å². The first-order valence-electron chi connectivity index (χ1n) is 7.66. The zero-order chi connectivity index (χ0) is 14.8. The van der Waals surface area contributed by atoms with E-state index in [1.165, 1.54) is 22.3 Å². The molecule has 0 aliphatic heterocycles. The van der Waals surface area contributed by atoms with Gasteiger partial charge >= 0.3 is 0 Å². The van der Waals surface area contributed by atoms with E-state index in [-0.39, 0.29) is 0 Å². The Bertz CT molecular complexity index is 721. The highest BCUT2D eigenvalue weighted by molar-refractivity contribution is 6.26. The van der Waals surface area contributed by atoms with Gasteiger partial charge in [-0.05, 0) is 60.1 Å². The maximum atomic E-state index is 2.43. The van der Waals surface area contributed by atoms with Gasteiger partial charge in [0.15, 0.2) is 0 Å². The van der Waals surface area contributed by atoms with Crippen LogP contribution in [-0.2, 0) is 6.42 Å². The highest BCUT2D eigenvalue weighted by Crippen LogP contribution is 2.36. The van der Waals surface area contributed by atoms with Gasteiger partial charge in [-0.2, -0.15) is 0 Å². The van der Waals surface area contributed by atoms with E-state index < -0.39 is 0 Å². The summed E-state index contributed by atoms with van der Waals surface area (Å²) in [7, 11) is 1.14. The number of benzene rings is 2. The number of allylic oxidation sites excluding steroid dienone is 4. The first kappa shape index (κ1) is 14.1. The molecule has 0 unspecified atom stereocenters. The van der Waals surface area contributed by atoms with Crippen molar-refractivity contribution in [3.8, 4) is 0 Å². The third-order valence-electron chi connectivity index (χ3n) is 4.61. The molecule has 2 aromatic rings. The van der Waals surface area contributed by atoms with Crippen molar-refractivity contribution in [3.63, 3.8) is 0 Å². The third-order valence-corrected chi connectivity index (χ3v) is 5.62. The minimum absolute atomic E-state index is 1.07. The Hall–Kier alpha value is -1.86. The number of hydrogen-bond acceptors (Lipinski definition) is 0. The molecule has 1 aliphatic carbocycles. The largest absolute Gasteiger partial charge is 0.0816 e. The van der Waals surface area contributed by atoms with Gasteiger partial charge in [-0.15, -0.1) is 0 Å². The summed E-state index contributed by atoms with van der Waals surface area (Å²) in [5, 5.41) is 1.58. The van der Waals surface area contributed by atoms with Crippen LogP contribution in [-0.4, -0.2) is 10.2 Å². The topological polar surface area (TPSA) is 0 Å². The first-order valence-corrected chi connectivity index (χ1v) is 8.66. The van der Waals surface area contributed by atoms with Crippen LogP contribution in [0.25, 0.3) is 5.57 Å². The molecule has 3 rings (SSSR count). The van der Waals surface area contributed by atoms with Crippen molar-refractivity contribution in [1.29, 1.82) is 0 Å². The van der Waals surface area contributed by atoms with Crippen LogP contribution < -0.4 is 0 Å². The average molecular weight is 290 g/mol. The summed E-state index contributed by atoms with van der Waals surface area (Å²) in [6, 6.07) is 17.5. The normalized spacial score (nSPS) is 14.7. The Kier molecular flexibility index (Phi) is 3.93. The van der Waals surface area contributed by atoms with Crippen LogP contribution >= 0.6 is 0 Å². The van der Waals surface area contributed by atoms with Gasteiger partial charge in [0.2, 0.25) is 0 Å². The molecule has 2 aromatic carbocycles. The minimum atomic E-state index is 1.07. The molecule has 0 saturated heterocycles. The second kappa shape index (κ2) is 5.86. The van der Waals surface area contributed by atoms with Crippen LogP contribution in [0.2, 0.25) is 0 Å². The molecular weight excluding hydrogens is 268 g/mol. The predicted octanol–water partition coefficient (Wildman–Crippen LogP) is 3.95. The van der Waals surface area contributed by atoms with Crippen molar-refractivity contribution in [2.24, 2.45) is 0 Å². The molecule has 106 valence electrons. The molecule has 0 bridgehead atoms. The van der Waals surface area contributed by atoms with Gasteiger partial charge in [0, 0.05) is 10.2 Å². The second-order valence-corrected chi connectivity index (χ2v) is 7.04. The SMILES string of the molecule is Cc1cccc(C2=C(Cc3ccccc3)C([SiH3])=CC2)c1C. The van der Waals surface area contributed by atoms with E-state index in [1.807, 2.05) is 0 Å². The van der Waals surface area contributed by atoms with Crippen LogP contribution in [0.3, 0.4) is 0 Å². The predicted molar refractivity (Wildman–Crippen MR) is 95.6 cm³/mol. The van der Waals surface area contributed by atoms with E-state index >= 15 is 0 Å². The van der Waals surface area contributed by atoms with Crippen LogP contribution in [0.1, 0.15) is 28.7 Å². The van der Waals surface area contributed by atoms with Crippen molar-refractivity contribution in [1.82, 2.24) is 0 Å². The van der Waals surface area contributed by atoms with Crippen molar-refractivity contribution >= 4 is 15.8 Å². The van der Waals surface area contributed by atoms with E-state index in [1.54, 1.807) is 16.3 Å². The molecule has 1 aliphatic rings. The molecule has 0 radical (unpaired) electrons. The van der Waals surface area contributed by atoms with Crippen molar-refractivity contribution in [2.45, 2.75) is 26.7 Å². The number of hydrogen-bond donors (Lipinski definition) is 0. The van der Waals surface area contributed by atoms with Gasteiger partial charge in [-0.3, -0.25) is 0 Å². The summed E-state index contributed by atoms with van der Waals surface area (Å²) < 4.78 is 0. The van der Waals surface area contributed by atoms with Crippen molar-refractivity contribution in [2.75, 3.05) is 0 Å². The minimum Gasteiger partial charge on any atom is -0.0816 e. The highest BCUT2D eigenvalue weighted by atomic mass is 28.1. The fourth-order valence-corrected chi connectivity index (χ4v) is 3.82. The quantitative estimate of drug-likeness (QED) is 0.751. The molecule has 0 heterocycles. The third kappa shape index (κ3) is 2.79. The lowest BCUT2D eigenvalue weighted by Gasteiger charge is -2.14. The summed E-state index contributed by atoms with van der Waals surface area (Å²) in [5.41, 5.74) is 8.80. The van der Waals surface area contributed by atoms with E-state index in [9.17, 15) is 0 Å². The molecule has 0 fully saturated rings. The lowest BCUT2D eigenvalue weighted by atomic mass is 9.92. The van der Waals surface area contributed by atoms with Gasteiger partial charge < -0.3 is 0 Å². The Labute approximate surface area is 130 Å². The highest BCUT2D eigenvalue weighted by Gasteiger charge is 2.18. The number of rotatable bonds is 3. The Morgan fingerprint density at radius 3 is 2.48 bits per heavy atom. The van der Waals surface area contributed by atoms with Crippen molar-refractivity contribution in [3.05, 3.63) is 87.6 Å². The van der Waals surface area contributed by atoms with Gasteiger partial charge in [-0.1, -0.05) is 59.8 Å². The lowest BCUT2D eigenvalue weighted by molar-refractivity contribution is 1.19.